The van der Waals surface area contributed by atoms with Gasteiger partial charge in [-0.2, -0.15) is 0 Å². The van der Waals surface area contributed by atoms with E-state index in [1.807, 2.05) is 4.90 Å². The average molecular weight is 351 g/mol. The van der Waals surface area contributed by atoms with Gasteiger partial charge in [0.2, 0.25) is 5.88 Å². The number of pyridine rings is 1. The van der Waals surface area contributed by atoms with Crippen LogP contribution in [0.5, 0.6) is 11.6 Å². The van der Waals surface area contributed by atoms with Gasteiger partial charge in [-0.15, -0.1) is 0 Å². The Kier molecular flexibility index (Phi) is 5.03. The first-order chi connectivity index (χ1) is 11.1. The highest BCUT2D eigenvalue weighted by Gasteiger charge is 2.19. The summed E-state index contributed by atoms with van der Waals surface area (Å²) in [5.74, 6) is 0.763. The van der Waals surface area contributed by atoms with Gasteiger partial charge in [0.15, 0.2) is 0 Å². The first-order valence-corrected chi connectivity index (χ1v) is 8.27. The zero-order valence-electron chi connectivity index (χ0n) is 12.5. The lowest BCUT2D eigenvalue weighted by atomic mass is 10.1. The molecule has 0 saturated carbocycles. The highest BCUT2D eigenvalue weighted by molar-refractivity contribution is 6.32. The predicted molar refractivity (Wildman–Crippen MR) is 90.5 cm³/mol. The Labute approximate surface area is 145 Å². The van der Waals surface area contributed by atoms with Crippen molar-refractivity contribution in [2.45, 2.75) is 19.3 Å². The van der Waals surface area contributed by atoms with Crippen LogP contribution >= 0.6 is 23.2 Å². The van der Waals surface area contributed by atoms with Crippen molar-refractivity contribution in [1.82, 2.24) is 9.88 Å². The van der Waals surface area contributed by atoms with Gasteiger partial charge in [0.1, 0.15) is 10.8 Å². The number of carbonyl (C=O) groups excluding carboxylic acids is 1. The number of piperidine rings is 1. The van der Waals surface area contributed by atoms with Crippen LogP contribution in [0.3, 0.4) is 0 Å². The highest BCUT2D eigenvalue weighted by atomic mass is 35.5. The number of rotatable bonds is 3. The van der Waals surface area contributed by atoms with Crippen LogP contribution in [0.4, 0.5) is 0 Å². The number of hydrogen-bond acceptors (Lipinski definition) is 3. The molecule has 120 valence electrons. The summed E-state index contributed by atoms with van der Waals surface area (Å²) in [4.78, 5) is 18.5. The van der Waals surface area contributed by atoms with Crippen molar-refractivity contribution in [1.29, 1.82) is 0 Å². The summed E-state index contributed by atoms with van der Waals surface area (Å²) >= 11 is 12.1. The minimum atomic E-state index is -0.0339. The summed E-state index contributed by atoms with van der Waals surface area (Å²) in [7, 11) is 0. The fraction of sp³-hybridized carbons (Fsp3) is 0.294. The summed E-state index contributed by atoms with van der Waals surface area (Å²) in [5, 5.41) is 0.864. The van der Waals surface area contributed by atoms with Crippen molar-refractivity contribution < 1.29 is 9.53 Å². The molecule has 0 spiro atoms. The number of amides is 1. The molecule has 1 fully saturated rings. The molecule has 2 aromatic rings. The molecule has 1 aliphatic rings. The monoisotopic (exact) mass is 350 g/mol. The van der Waals surface area contributed by atoms with Crippen LogP contribution in [0.1, 0.15) is 29.6 Å². The maximum atomic E-state index is 12.4. The second kappa shape index (κ2) is 7.20. The summed E-state index contributed by atoms with van der Waals surface area (Å²) in [6, 6.07) is 8.57. The van der Waals surface area contributed by atoms with Gasteiger partial charge in [-0.1, -0.05) is 29.3 Å². The van der Waals surface area contributed by atoms with Gasteiger partial charge in [-0.05, 0) is 43.5 Å². The molecule has 2 heterocycles. The Morgan fingerprint density at radius 1 is 1.13 bits per heavy atom. The van der Waals surface area contributed by atoms with Crippen molar-refractivity contribution in [3.8, 4) is 11.6 Å². The molecule has 0 radical (unpaired) electrons. The van der Waals surface area contributed by atoms with Gasteiger partial charge in [0.25, 0.3) is 5.91 Å². The molecular weight excluding hydrogens is 335 g/mol. The van der Waals surface area contributed by atoms with Crippen LogP contribution < -0.4 is 4.74 Å². The van der Waals surface area contributed by atoms with E-state index in [1.165, 1.54) is 12.6 Å². The Hall–Kier alpha value is -1.78. The second-order valence-corrected chi connectivity index (χ2v) is 6.27. The Morgan fingerprint density at radius 2 is 1.91 bits per heavy atom. The smallest absolute Gasteiger partial charge is 0.255 e. The van der Waals surface area contributed by atoms with Crippen LogP contribution in [0, 0.1) is 0 Å². The van der Waals surface area contributed by atoms with Crippen LogP contribution in [0.25, 0.3) is 0 Å². The largest absolute Gasteiger partial charge is 0.437 e. The van der Waals surface area contributed by atoms with Gasteiger partial charge in [-0.3, -0.25) is 4.79 Å². The van der Waals surface area contributed by atoms with E-state index in [9.17, 15) is 4.79 Å². The second-order valence-electron chi connectivity index (χ2n) is 5.42. The van der Waals surface area contributed by atoms with Gasteiger partial charge in [0.05, 0.1) is 5.56 Å². The molecule has 1 aliphatic heterocycles. The normalized spacial score (nSPS) is 14.6. The van der Waals surface area contributed by atoms with Gasteiger partial charge >= 0.3 is 0 Å². The van der Waals surface area contributed by atoms with Gasteiger partial charge < -0.3 is 9.64 Å². The van der Waals surface area contributed by atoms with Crippen molar-refractivity contribution in [2.24, 2.45) is 0 Å². The van der Waals surface area contributed by atoms with E-state index in [1.54, 1.807) is 30.3 Å². The van der Waals surface area contributed by atoms with E-state index >= 15 is 0 Å². The number of ether oxygens (including phenoxy) is 1. The van der Waals surface area contributed by atoms with E-state index in [2.05, 4.69) is 4.98 Å². The number of aromatic nitrogens is 1. The predicted octanol–water partition coefficient (Wildman–Crippen LogP) is 4.81. The molecule has 1 amide bonds. The summed E-state index contributed by atoms with van der Waals surface area (Å²) in [6.45, 7) is 1.58. The third kappa shape index (κ3) is 3.95. The Morgan fingerprint density at radius 3 is 2.61 bits per heavy atom. The fourth-order valence-corrected chi connectivity index (χ4v) is 2.92. The third-order valence-electron chi connectivity index (χ3n) is 3.71. The molecule has 3 rings (SSSR count). The molecule has 1 aromatic carbocycles. The first-order valence-electron chi connectivity index (χ1n) is 7.52. The number of carbonyl (C=O) groups is 1. The zero-order valence-corrected chi connectivity index (χ0v) is 14.0. The number of hydrogen-bond donors (Lipinski definition) is 0. The lowest BCUT2D eigenvalue weighted by Gasteiger charge is -2.26. The maximum Gasteiger partial charge on any atom is 0.255 e. The SMILES string of the molecule is O=C(c1cnc(Oc2cccc(Cl)c2)c(Cl)c1)N1CCCCC1. The maximum absolute atomic E-state index is 12.4. The third-order valence-corrected chi connectivity index (χ3v) is 4.21. The molecule has 0 bridgehead atoms. The van der Waals surface area contributed by atoms with Gasteiger partial charge in [0, 0.05) is 24.3 Å². The van der Waals surface area contributed by atoms with Crippen LogP contribution in [0.2, 0.25) is 10.0 Å². The minimum absolute atomic E-state index is 0.0339. The van der Waals surface area contributed by atoms with Crippen LogP contribution in [0.15, 0.2) is 36.5 Å². The van der Waals surface area contributed by atoms with Crippen LogP contribution in [-0.2, 0) is 0 Å². The minimum Gasteiger partial charge on any atom is -0.437 e. The van der Waals surface area contributed by atoms with E-state index in [0.29, 0.717) is 21.4 Å². The molecule has 4 nitrogen and oxygen atoms in total. The Balaban J connectivity index is 1.76. The van der Waals surface area contributed by atoms with E-state index in [0.717, 1.165) is 25.9 Å². The van der Waals surface area contributed by atoms with Crippen molar-refractivity contribution >= 4 is 29.1 Å². The molecule has 0 unspecified atom stereocenters. The van der Waals surface area contributed by atoms with Crippen molar-refractivity contribution in [3.63, 3.8) is 0 Å². The topological polar surface area (TPSA) is 42.4 Å². The molecule has 0 atom stereocenters. The molecule has 1 aromatic heterocycles. The van der Waals surface area contributed by atoms with E-state index in [4.69, 9.17) is 27.9 Å². The number of benzene rings is 1. The van der Waals surface area contributed by atoms with E-state index in [-0.39, 0.29) is 11.8 Å². The number of halogens is 2. The number of nitrogens with zero attached hydrogens (tertiary/aromatic N) is 2. The molecule has 0 N–H and O–H groups in total. The average Bonchev–Trinajstić information content (AvgIpc) is 2.57. The quantitative estimate of drug-likeness (QED) is 0.797. The molecular formula is C17H16Cl2N2O2. The summed E-state index contributed by atoms with van der Waals surface area (Å²) < 4.78 is 5.62. The zero-order chi connectivity index (χ0) is 16.2. The molecule has 23 heavy (non-hydrogen) atoms. The Bertz CT molecular complexity index is 715. The van der Waals surface area contributed by atoms with Crippen LogP contribution in [-0.4, -0.2) is 28.9 Å². The molecule has 6 heteroatoms. The fourth-order valence-electron chi connectivity index (χ4n) is 2.54. The summed E-state index contributed by atoms with van der Waals surface area (Å²) in [5.41, 5.74) is 0.482. The highest BCUT2D eigenvalue weighted by Crippen LogP contribution is 2.29. The van der Waals surface area contributed by atoms with E-state index < -0.39 is 0 Å². The standard InChI is InChI=1S/C17H16Cl2N2O2/c18-13-5-4-6-14(10-13)23-16-15(19)9-12(11-20-16)17(22)21-7-2-1-3-8-21/h4-6,9-11H,1-3,7-8H2. The van der Waals surface area contributed by atoms with Crippen molar-refractivity contribution in [3.05, 3.63) is 52.1 Å². The molecule has 1 saturated heterocycles. The lowest BCUT2D eigenvalue weighted by molar-refractivity contribution is 0.0724. The lowest BCUT2D eigenvalue weighted by Crippen LogP contribution is -2.35. The molecule has 0 aliphatic carbocycles. The number of likely N-dealkylation sites (tertiary alicyclic amines) is 1. The van der Waals surface area contributed by atoms with Crippen molar-refractivity contribution in [2.75, 3.05) is 13.1 Å². The first kappa shape index (κ1) is 16.1. The van der Waals surface area contributed by atoms with Gasteiger partial charge in [-0.25, -0.2) is 4.98 Å². The summed E-state index contributed by atoms with van der Waals surface area (Å²) in [6.07, 6.45) is 4.77.